The Morgan fingerprint density at radius 1 is 1.17 bits per heavy atom. The van der Waals surface area contributed by atoms with Gasteiger partial charge in [0.1, 0.15) is 6.10 Å². The van der Waals surface area contributed by atoms with E-state index in [4.69, 9.17) is 14.2 Å². The van der Waals surface area contributed by atoms with Crippen LogP contribution in [-0.4, -0.2) is 31.8 Å². The van der Waals surface area contributed by atoms with Crippen molar-refractivity contribution in [3.63, 3.8) is 0 Å². The van der Waals surface area contributed by atoms with Crippen LogP contribution in [0, 0.1) is 17.8 Å². The molecule has 0 saturated carbocycles. The number of ether oxygens (including phenoxy) is 3. The first-order valence-corrected chi connectivity index (χ1v) is 11.1. The Morgan fingerprint density at radius 2 is 1.87 bits per heavy atom. The van der Waals surface area contributed by atoms with Crippen molar-refractivity contribution >= 4 is 11.9 Å². The Balaban J connectivity index is 1.89. The number of rotatable bonds is 11. The van der Waals surface area contributed by atoms with Gasteiger partial charge in [0, 0.05) is 0 Å². The minimum Gasteiger partial charge on any atom is -0.498 e. The molecule has 0 fully saturated rings. The van der Waals surface area contributed by atoms with E-state index >= 15 is 0 Å². The average molecular weight is 417 g/mol. The van der Waals surface area contributed by atoms with Crippen LogP contribution < -0.4 is 0 Å². The van der Waals surface area contributed by atoms with E-state index in [1.165, 1.54) is 25.5 Å². The maximum atomic E-state index is 12.3. The van der Waals surface area contributed by atoms with Crippen molar-refractivity contribution in [1.29, 1.82) is 0 Å². The molecule has 1 aliphatic heterocycles. The number of carbonyl (C=O) groups is 2. The zero-order valence-electron chi connectivity index (χ0n) is 18.8. The number of methoxy groups -OCH3 is 1. The summed E-state index contributed by atoms with van der Waals surface area (Å²) in [6, 6.07) is 8.85. The number of hydrogen-bond acceptors (Lipinski definition) is 5. The maximum Gasteiger partial charge on any atom is 0.338 e. The van der Waals surface area contributed by atoms with E-state index in [0.717, 1.165) is 12.8 Å². The lowest BCUT2D eigenvalue weighted by Gasteiger charge is -2.32. The normalized spacial score (nSPS) is 19.6. The third kappa shape index (κ3) is 7.19. The van der Waals surface area contributed by atoms with E-state index in [-0.39, 0.29) is 30.6 Å². The maximum absolute atomic E-state index is 12.3. The monoisotopic (exact) mass is 416 g/mol. The molecule has 1 heterocycles. The molecule has 5 heteroatoms. The van der Waals surface area contributed by atoms with E-state index in [1.54, 1.807) is 24.3 Å². The molecule has 0 radical (unpaired) electrons. The Labute approximate surface area is 180 Å². The molecule has 2 rings (SSSR count). The summed E-state index contributed by atoms with van der Waals surface area (Å²) in [7, 11) is 1.39. The summed E-state index contributed by atoms with van der Waals surface area (Å²) in [6.45, 7) is 6.81. The van der Waals surface area contributed by atoms with Gasteiger partial charge in [-0.05, 0) is 55.2 Å². The highest BCUT2D eigenvalue weighted by Gasteiger charge is 2.31. The van der Waals surface area contributed by atoms with Gasteiger partial charge in [0.25, 0.3) is 0 Å². The van der Waals surface area contributed by atoms with E-state index in [1.807, 2.05) is 12.3 Å². The summed E-state index contributed by atoms with van der Waals surface area (Å²) in [6.07, 6.45) is 7.29. The van der Waals surface area contributed by atoms with Crippen LogP contribution >= 0.6 is 0 Å². The lowest BCUT2D eigenvalue weighted by atomic mass is 9.84. The fourth-order valence-electron chi connectivity index (χ4n) is 4.01. The third-order valence-corrected chi connectivity index (χ3v) is 6.09. The highest BCUT2D eigenvalue weighted by molar-refractivity contribution is 5.89. The van der Waals surface area contributed by atoms with E-state index in [0.29, 0.717) is 30.2 Å². The largest absolute Gasteiger partial charge is 0.498 e. The van der Waals surface area contributed by atoms with Crippen LogP contribution in [0.1, 0.15) is 69.7 Å². The molecular weight excluding hydrogens is 380 g/mol. The van der Waals surface area contributed by atoms with Gasteiger partial charge >= 0.3 is 11.9 Å². The molecule has 0 spiro atoms. The van der Waals surface area contributed by atoms with Crippen LogP contribution in [0.25, 0.3) is 0 Å². The Hall–Kier alpha value is -2.30. The van der Waals surface area contributed by atoms with E-state index in [2.05, 4.69) is 20.8 Å². The molecule has 166 valence electrons. The SMILES string of the molecule is CCC(CC)CC1=COC(CC(CCOC(=O)c2ccccc2)C(=O)OC)C(C)C1. The smallest absolute Gasteiger partial charge is 0.338 e. The molecule has 0 saturated heterocycles. The van der Waals surface area contributed by atoms with Crippen LogP contribution in [0.3, 0.4) is 0 Å². The molecule has 30 heavy (non-hydrogen) atoms. The van der Waals surface area contributed by atoms with Gasteiger partial charge in [-0.2, -0.15) is 0 Å². The van der Waals surface area contributed by atoms with Gasteiger partial charge in [-0.15, -0.1) is 0 Å². The lowest BCUT2D eigenvalue weighted by Crippen LogP contribution is -2.31. The summed E-state index contributed by atoms with van der Waals surface area (Å²) in [4.78, 5) is 24.4. The van der Waals surface area contributed by atoms with Gasteiger partial charge in [0.15, 0.2) is 0 Å². The fourth-order valence-corrected chi connectivity index (χ4v) is 4.01. The van der Waals surface area contributed by atoms with Gasteiger partial charge in [-0.25, -0.2) is 4.79 Å². The average Bonchev–Trinajstić information content (AvgIpc) is 2.78. The van der Waals surface area contributed by atoms with Gasteiger partial charge in [-0.3, -0.25) is 4.79 Å². The highest BCUT2D eigenvalue weighted by Crippen LogP contribution is 2.33. The first kappa shape index (κ1) is 24.0. The molecule has 1 aliphatic rings. The molecular formula is C25H36O5. The Morgan fingerprint density at radius 3 is 2.47 bits per heavy atom. The second-order valence-corrected chi connectivity index (χ2v) is 8.27. The standard InChI is InChI=1S/C25H36O5/c1-5-19(6-2)15-20-14-18(3)23(30-17-20)16-22(24(26)28-4)12-13-29-25(27)21-10-8-7-9-11-21/h7-11,17-19,22-23H,5-6,12-16H2,1-4H3. The van der Waals surface area contributed by atoms with E-state index in [9.17, 15) is 9.59 Å². The van der Waals surface area contributed by atoms with Crippen molar-refractivity contribution in [3.8, 4) is 0 Å². The molecule has 5 nitrogen and oxygen atoms in total. The van der Waals surface area contributed by atoms with Gasteiger partial charge < -0.3 is 14.2 Å². The summed E-state index contributed by atoms with van der Waals surface area (Å²) < 4.78 is 16.4. The van der Waals surface area contributed by atoms with Crippen LogP contribution in [0.5, 0.6) is 0 Å². The van der Waals surface area contributed by atoms with E-state index < -0.39 is 0 Å². The minimum atomic E-state index is -0.379. The number of benzene rings is 1. The van der Waals surface area contributed by atoms with Gasteiger partial charge in [-0.1, -0.05) is 51.8 Å². The third-order valence-electron chi connectivity index (χ3n) is 6.09. The van der Waals surface area contributed by atoms with Crippen molar-refractivity contribution in [1.82, 2.24) is 0 Å². The molecule has 3 unspecified atom stereocenters. The lowest BCUT2D eigenvalue weighted by molar-refractivity contribution is -0.147. The number of esters is 2. The summed E-state index contributed by atoms with van der Waals surface area (Å²) in [5, 5.41) is 0. The number of hydrogen-bond donors (Lipinski definition) is 0. The van der Waals surface area contributed by atoms with Crippen molar-refractivity contribution in [2.75, 3.05) is 13.7 Å². The fraction of sp³-hybridized carbons (Fsp3) is 0.600. The molecule has 0 amide bonds. The molecule has 1 aromatic carbocycles. The van der Waals surface area contributed by atoms with Crippen LogP contribution in [-0.2, 0) is 19.0 Å². The van der Waals surface area contributed by atoms with Crippen LogP contribution in [0.2, 0.25) is 0 Å². The summed E-state index contributed by atoms with van der Waals surface area (Å²) in [5.74, 6) is 0.00737. The predicted molar refractivity (Wildman–Crippen MR) is 117 cm³/mol. The Bertz CT molecular complexity index is 693. The molecule has 1 aromatic rings. The number of carbonyl (C=O) groups excluding carboxylic acids is 2. The summed E-state index contributed by atoms with van der Waals surface area (Å²) in [5.41, 5.74) is 1.87. The predicted octanol–water partition coefficient (Wildman–Crippen LogP) is 5.55. The topological polar surface area (TPSA) is 61.8 Å². The second kappa shape index (κ2) is 12.4. The Kier molecular flexibility index (Phi) is 9.92. The quantitative estimate of drug-likeness (QED) is 0.443. The molecule has 0 aromatic heterocycles. The molecule has 0 bridgehead atoms. The van der Waals surface area contributed by atoms with Crippen LogP contribution in [0.4, 0.5) is 0 Å². The van der Waals surface area contributed by atoms with Crippen molar-refractivity contribution < 1.29 is 23.8 Å². The number of allylic oxidation sites excluding steroid dienone is 1. The van der Waals surface area contributed by atoms with Crippen LogP contribution in [0.15, 0.2) is 42.2 Å². The molecule has 0 aliphatic carbocycles. The second-order valence-electron chi connectivity index (χ2n) is 8.27. The molecule has 0 N–H and O–H groups in total. The van der Waals surface area contributed by atoms with Crippen molar-refractivity contribution in [3.05, 3.63) is 47.7 Å². The first-order valence-electron chi connectivity index (χ1n) is 11.1. The highest BCUT2D eigenvalue weighted by atomic mass is 16.5. The molecule has 3 atom stereocenters. The van der Waals surface area contributed by atoms with Crippen molar-refractivity contribution in [2.45, 2.75) is 65.4 Å². The minimum absolute atomic E-state index is 0.0376. The zero-order chi connectivity index (χ0) is 21.9. The first-order chi connectivity index (χ1) is 14.5. The van der Waals surface area contributed by atoms with Gasteiger partial charge in [0.2, 0.25) is 0 Å². The van der Waals surface area contributed by atoms with Crippen molar-refractivity contribution in [2.24, 2.45) is 17.8 Å². The zero-order valence-corrected chi connectivity index (χ0v) is 18.8. The summed E-state index contributed by atoms with van der Waals surface area (Å²) >= 11 is 0. The van der Waals surface area contributed by atoms with Gasteiger partial charge in [0.05, 0.1) is 31.5 Å².